The molecule has 3 N–H and O–H groups in total. The van der Waals surface area contributed by atoms with Crippen LogP contribution in [0.15, 0.2) is 48.9 Å². The molecule has 0 saturated carbocycles. The molecular formula is C24H22Cl2F4N4O7S. The lowest BCUT2D eigenvalue weighted by Crippen LogP contribution is -2.40. The van der Waals surface area contributed by atoms with Crippen LogP contribution >= 0.6 is 23.2 Å². The van der Waals surface area contributed by atoms with Crippen molar-refractivity contribution in [3.63, 3.8) is 0 Å². The molecule has 0 aliphatic carbocycles. The number of hydrogen-bond acceptors (Lipinski definition) is 8. The summed E-state index contributed by atoms with van der Waals surface area (Å²) in [7, 11) is -4.29. The van der Waals surface area contributed by atoms with E-state index in [0.717, 1.165) is 12.1 Å². The zero-order valence-corrected chi connectivity index (χ0v) is 23.9. The normalized spacial score (nSPS) is 11.4. The Morgan fingerprint density at radius 1 is 1.12 bits per heavy atom. The minimum absolute atomic E-state index is 0.121. The molecule has 11 nitrogen and oxygen atoms in total. The lowest BCUT2D eigenvalue weighted by molar-refractivity contribution is -0.192. The Labute approximate surface area is 247 Å². The number of nitrogens with one attached hydrogen (secondary N) is 2. The first kappa shape index (κ1) is 34.5. The molecule has 1 amide bonds. The minimum atomic E-state index is -5.08. The van der Waals surface area contributed by atoms with Gasteiger partial charge in [-0.1, -0.05) is 43.1 Å². The molecule has 0 aliphatic heterocycles. The number of carbonyl (C=O) groups is 2. The van der Waals surface area contributed by atoms with Gasteiger partial charge in [0.2, 0.25) is 5.88 Å². The largest absolute Gasteiger partial charge is 0.490 e. The molecule has 0 fully saturated rings. The minimum Gasteiger partial charge on any atom is -0.476 e. The number of aliphatic carboxylic acids is 1. The summed E-state index contributed by atoms with van der Waals surface area (Å²) in [6.45, 7) is 4.24. The summed E-state index contributed by atoms with van der Waals surface area (Å²) in [5.41, 5.74) is -0.0298. The summed E-state index contributed by atoms with van der Waals surface area (Å²) < 4.78 is 85.6. The number of amides is 1. The van der Waals surface area contributed by atoms with E-state index in [0.29, 0.717) is 12.2 Å². The maximum atomic E-state index is 14.6. The number of carboxylic acids is 1. The monoisotopic (exact) mass is 656 g/mol. The van der Waals surface area contributed by atoms with Crippen LogP contribution in [0, 0.1) is 11.7 Å². The number of halogens is 6. The molecule has 2 heterocycles. The van der Waals surface area contributed by atoms with E-state index in [9.17, 15) is 30.8 Å². The number of alkyl halides is 3. The highest BCUT2D eigenvalue weighted by Gasteiger charge is 2.38. The Bertz CT molecular complexity index is 1510. The summed E-state index contributed by atoms with van der Waals surface area (Å²) in [6, 6.07) is 6.49. The van der Waals surface area contributed by atoms with E-state index < -0.39 is 39.6 Å². The Morgan fingerprint density at radius 2 is 1.79 bits per heavy atom. The van der Waals surface area contributed by atoms with Gasteiger partial charge in [-0.15, -0.1) is 0 Å². The Kier molecular flexibility index (Phi) is 12.3. The van der Waals surface area contributed by atoms with Crippen molar-refractivity contribution in [2.75, 3.05) is 6.61 Å². The Morgan fingerprint density at radius 3 is 2.33 bits per heavy atom. The first-order chi connectivity index (χ1) is 19.5. The fourth-order valence-corrected chi connectivity index (χ4v) is 3.81. The van der Waals surface area contributed by atoms with Crippen molar-refractivity contribution in [2.24, 2.45) is 5.92 Å². The summed E-state index contributed by atoms with van der Waals surface area (Å²) in [5, 5.41) is 7.16. The number of ether oxygens (including phenoxy) is 2. The number of benzene rings is 1. The Balaban J connectivity index is 0.000000782. The van der Waals surface area contributed by atoms with Gasteiger partial charge in [0, 0.05) is 31.1 Å². The van der Waals surface area contributed by atoms with Crippen molar-refractivity contribution in [3.05, 3.63) is 75.9 Å². The van der Waals surface area contributed by atoms with Crippen molar-refractivity contribution in [2.45, 2.75) is 26.6 Å². The second-order valence-corrected chi connectivity index (χ2v) is 10.8. The average molecular weight is 657 g/mol. The molecule has 42 heavy (non-hydrogen) atoms. The predicted molar refractivity (Wildman–Crippen MR) is 142 cm³/mol. The van der Waals surface area contributed by atoms with Crippen LogP contribution in [-0.4, -0.2) is 48.2 Å². The summed E-state index contributed by atoms with van der Waals surface area (Å²) in [5.74, 6) is -4.53. The molecule has 18 heteroatoms. The lowest BCUT2D eigenvalue weighted by Gasteiger charge is -2.13. The zero-order chi connectivity index (χ0) is 31.7. The predicted octanol–water partition coefficient (Wildman–Crippen LogP) is 5.15. The first-order valence-corrected chi connectivity index (χ1v) is 13.7. The SMILES string of the molecule is CC(C)COc1ncc(Oc2cc(F)c(C(=O)NS(=O)(=O)NCc3cccnc3)cc2Cl)cc1Cl.O=C(O)C(F)(F)F. The molecule has 1 aromatic carbocycles. The maximum Gasteiger partial charge on any atom is 0.490 e. The average Bonchev–Trinajstić information content (AvgIpc) is 2.89. The van der Waals surface area contributed by atoms with Crippen LogP contribution in [0.1, 0.15) is 29.8 Å². The summed E-state index contributed by atoms with van der Waals surface area (Å²) in [6.07, 6.45) is -0.781. The molecule has 3 rings (SSSR count). The maximum absolute atomic E-state index is 14.6. The number of carboxylic acid groups (broad SMARTS) is 1. The molecule has 2 aromatic heterocycles. The van der Waals surface area contributed by atoms with Crippen molar-refractivity contribution in [1.82, 2.24) is 19.4 Å². The van der Waals surface area contributed by atoms with Crippen LogP contribution in [0.2, 0.25) is 10.0 Å². The summed E-state index contributed by atoms with van der Waals surface area (Å²) in [4.78, 5) is 29.2. The van der Waals surface area contributed by atoms with E-state index in [1.165, 1.54) is 24.7 Å². The third kappa shape index (κ3) is 11.3. The number of rotatable bonds is 10. The van der Waals surface area contributed by atoms with E-state index in [-0.39, 0.29) is 39.9 Å². The number of aromatic nitrogens is 2. The highest BCUT2D eigenvalue weighted by atomic mass is 35.5. The van der Waals surface area contributed by atoms with Gasteiger partial charge in [0.25, 0.3) is 5.91 Å². The number of nitrogens with zero attached hydrogens (tertiary/aromatic N) is 2. The van der Waals surface area contributed by atoms with Gasteiger partial charge in [-0.05, 0) is 23.6 Å². The molecule has 0 saturated heterocycles. The van der Waals surface area contributed by atoms with E-state index in [1.54, 1.807) is 16.9 Å². The molecule has 0 atom stereocenters. The smallest absolute Gasteiger partial charge is 0.476 e. The second kappa shape index (κ2) is 14.9. The quantitative estimate of drug-likeness (QED) is 0.251. The number of carbonyl (C=O) groups excluding carboxylic acids is 1. The van der Waals surface area contributed by atoms with Crippen LogP contribution in [0.25, 0.3) is 0 Å². The van der Waals surface area contributed by atoms with Crippen LogP contribution in [0.4, 0.5) is 17.6 Å². The zero-order valence-electron chi connectivity index (χ0n) is 21.6. The lowest BCUT2D eigenvalue weighted by atomic mass is 10.2. The third-order valence-electron chi connectivity index (χ3n) is 4.49. The van der Waals surface area contributed by atoms with Crippen LogP contribution in [-0.2, 0) is 21.5 Å². The van der Waals surface area contributed by atoms with Gasteiger partial charge in [-0.2, -0.15) is 26.3 Å². The topological polar surface area (TPSA) is 157 Å². The van der Waals surface area contributed by atoms with E-state index in [2.05, 4.69) is 14.7 Å². The molecule has 0 bridgehead atoms. The molecular weight excluding hydrogens is 635 g/mol. The van der Waals surface area contributed by atoms with Crippen molar-refractivity contribution in [3.8, 4) is 17.4 Å². The molecule has 0 aliphatic rings. The van der Waals surface area contributed by atoms with Gasteiger partial charge < -0.3 is 14.6 Å². The van der Waals surface area contributed by atoms with E-state index >= 15 is 0 Å². The number of pyridine rings is 2. The molecule has 3 aromatic rings. The molecule has 0 unspecified atom stereocenters. The highest BCUT2D eigenvalue weighted by molar-refractivity contribution is 7.88. The Hall–Kier alpha value is -3.73. The standard InChI is InChI=1S/C22H21Cl2FN4O5S.C2HF3O2/c1-13(2)12-33-22-18(24)6-15(11-27-22)34-20-8-19(25)16(7-17(20)23)21(30)29-35(31,32)28-10-14-4-3-5-26-9-14;3-2(4,5)1(6)7/h3-9,11,13,28H,10,12H2,1-2H3,(H,29,30);(H,6,7). The molecule has 228 valence electrons. The first-order valence-electron chi connectivity index (χ1n) is 11.4. The summed E-state index contributed by atoms with van der Waals surface area (Å²) >= 11 is 12.3. The second-order valence-electron chi connectivity index (χ2n) is 8.45. The van der Waals surface area contributed by atoms with Crippen molar-refractivity contribution >= 4 is 45.3 Å². The highest BCUT2D eigenvalue weighted by Crippen LogP contribution is 2.34. The van der Waals surface area contributed by atoms with Crippen LogP contribution < -0.4 is 18.9 Å². The van der Waals surface area contributed by atoms with Gasteiger partial charge in [0.05, 0.1) is 23.4 Å². The third-order valence-corrected chi connectivity index (χ3v) is 6.03. The van der Waals surface area contributed by atoms with Gasteiger partial charge >= 0.3 is 22.4 Å². The molecule has 0 spiro atoms. The fourth-order valence-electron chi connectivity index (χ4n) is 2.62. The van der Waals surface area contributed by atoms with Gasteiger partial charge in [0.15, 0.2) is 0 Å². The van der Waals surface area contributed by atoms with E-state index in [1.807, 2.05) is 13.8 Å². The van der Waals surface area contributed by atoms with Crippen LogP contribution in [0.3, 0.4) is 0 Å². The van der Waals surface area contributed by atoms with Crippen molar-refractivity contribution < 1.29 is 50.1 Å². The van der Waals surface area contributed by atoms with Crippen LogP contribution in [0.5, 0.6) is 17.4 Å². The van der Waals surface area contributed by atoms with Gasteiger partial charge in [-0.25, -0.2) is 18.9 Å². The molecule has 0 radical (unpaired) electrons. The van der Waals surface area contributed by atoms with E-state index in [4.69, 9.17) is 42.6 Å². The van der Waals surface area contributed by atoms with Gasteiger partial charge in [0.1, 0.15) is 22.3 Å². The number of hydrogen-bond donors (Lipinski definition) is 3. The fraction of sp³-hybridized carbons (Fsp3) is 0.250. The van der Waals surface area contributed by atoms with Gasteiger partial charge in [-0.3, -0.25) is 9.78 Å². The van der Waals surface area contributed by atoms with Crippen molar-refractivity contribution in [1.29, 1.82) is 0 Å².